The number of nitrogens with one attached hydrogen (secondary N) is 1. The lowest BCUT2D eigenvalue weighted by Gasteiger charge is -2.24. The molecule has 0 bridgehead atoms. The maximum Gasteiger partial charge on any atom is 0.354 e. The van der Waals surface area contributed by atoms with Crippen LogP contribution >= 0.6 is 0 Å². The molecule has 1 N–H and O–H groups in total. The number of carbonyl (C=O) groups is 1. The van der Waals surface area contributed by atoms with Crippen molar-refractivity contribution >= 4 is 45.4 Å². The highest BCUT2D eigenvalue weighted by molar-refractivity contribution is 5.97. The smallest absolute Gasteiger partial charge is 0.354 e. The van der Waals surface area contributed by atoms with E-state index in [9.17, 15) is 14.9 Å². The van der Waals surface area contributed by atoms with Gasteiger partial charge in [0.25, 0.3) is 0 Å². The molecule has 0 aliphatic rings. The minimum atomic E-state index is -0.492. The summed E-state index contributed by atoms with van der Waals surface area (Å²) in [5.41, 5.74) is 1.47. The Morgan fingerprint density at radius 2 is 1.79 bits per heavy atom. The monoisotopic (exact) mass is 443 g/mol. The number of ether oxygens (including phenoxy) is 1. The fourth-order valence-corrected chi connectivity index (χ4v) is 3.65. The summed E-state index contributed by atoms with van der Waals surface area (Å²) in [6, 6.07) is 20.0. The van der Waals surface area contributed by atoms with Gasteiger partial charge in [0.1, 0.15) is 6.33 Å². The molecule has 0 saturated heterocycles. The van der Waals surface area contributed by atoms with Crippen LogP contribution in [0.1, 0.15) is 17.3 Å². The van der Waals surface area contributed by atoms with E-state index in [1.807, 2.05) is 49.4 Å². The highest BCUT2D eigenvalue weighted by Gasteiger charge is 2.28. The maximum absolute atomic E-state index is 12.1. The number of nitrogens with zero attached hydrogens (tertiary/aromatic N) is 4. The van der Waals surface area contributed by atoms with Gasteiger partial charge in [-0.15, -0.1) is 0 Å². The zero-order valence-corrected chi connectivity index (χ0v) is 18.1. The molecule has 0 aliphatic heterocycles. The Kier molecular flexibility index (Phi) is 6.12. The van der Waals surface area contributed by atoms with Gasteiger partial charge in [0.05, 0.1) is 23.3 Å². The molecule has 0 atom stereocenters. The fourth-order valence-electron chi connectivity index (χ4n) is 3.65. The number of fused-ring (bicyclic) bond motifs is 1. The summed E-state index contributed by atoms with van der Waals surface area (Å²) >= 11 is 0. The first-order chi connectivity index (χ1) is 16.0. The number of benzene rings is 3. The number of hydrogen-bond donors (Lipinski definition) is 1. The molecule has 0 spiro atoms. The summed E-state index contributed by atoms with van der Waals surface area (Å²) in [5, 5.41) is 17.1. The van der Waals surface area contributed by atoms with Crippen molar-refractivity contribution < 1.29 is 14.5 Å². The molecule has 0 amide bonds. The molecule has 0 fully saturated rings. The number of methoxy groups -OCH3 is 1. The average Bonchev–Trinajstić information content (AvgIpc) is 2.84. The average molecular weight is 443 g/mol. The van der Waals surface area contributed by atoms with Gasteiger partial charge in [-0.1, -0.05) is 36.4 Å². The van der Waals surface area contributed by atoms with Gasteiger partial charge in [-0.3, -0.25) is 10.1 Å². The van der Waals surface area contributed by atoms with Crippen LogP contribution in [0, 0.1) is 10.1 Å². The van der Waals surface area contributed by atoms with Crippen molar-refractivity contribution in [2.45, 2.75) is 6.92 Å². The van der Waals surface area contributed by atoms with Crippen molar-refractivity contribution in [1.29, 1.82) is 0 Å². The number of esters is 1. The normalized spacial score (nSPS) is 10.6. The molecule has 9 nitrogen and oxygen atoms in total. The second-order valence-corrected chi connectivity index (χ2v) is 7.09. The minimum absolute atomic E-state index is 0.0505. The number of rotatable bonds is 7. The molecule has 4 aromatic rings. The Bertz CT molecular complexity index is 1320. The Balaban J connectivity index is 1.77. The lowest BCUT2D eigenvalue weighted by atomic mass is 10.1. The zero-order chi connectivity index (χ0) is 23.4. The van der Waals surface area contributed by atoms with E-state index >= 15 is 0 Å². The highest BCUT2D eigenvalue weighted by atomic mass is 16.6. The second kappa shape index (κ2) is 9.31. The van der Waals surface area contributed by atoms with E-state index in [0.717, 1.165) is 16.5 Å². The molecule has 0 unspecified atom stereocenters. The summed E-state index contributed by atoms with van der Waals surface area (Å²) in [5.74, 6) is -0.234. The Hall–Kier alpha value is -4.53. The zero-order valence-electron chi connectivity index (χ0n) is 18.1. The van der Waals surface area contributed by atoms with Crippen LogP contribution in [0.4, 0.5) is 28.7 Å². The predicted molar refractivity (Wildman–Crippen MR) is 126 cm³/mol. The molecule has 0 saturated carbocycles. The van der Waals surface area contributed by atoms with Crippen LogP contribution in [0.3, 0.4) is 0 Å². The first-order valence-electron chi connectivity index (χ1n) is 10.2. The van der Waals surface area contributed by atoms with Gasteiger partial charge in [-0.25, -0.2) is 14.8 Å². The lowest BCUT2D eigenvalue weighted by Crippen LogP contribution is -2.20. The van der Waals surface area contributed by atoms with Crippen LogP contribution < -0.4 is 10.2 Å². The summed E-state index contributed by atoms with van der Waals surface area (Å²) in [6.45, 7) is 2.37. The van der Waals surface area contributed by atoms with Crippen LogP contribution in [0.15, 0.2) is 73.1 Å². The standard InChI is InChI=1S/C24H21N5O4/c1-3-28(20-10-6-8-16-7-4-5-9-19(16)20)23-21(29(31)32)22(25-15-26-23)27-18-13-11-17(12-14-18)24(30)33-2/h4-15H,3H2,1-2H3,(H,25,26,27). The molecule has 166 valence electrons. The van der Waals surface area contributed by atoms with Crippen LogP contribution in [-0.4, -0.2) is 34.5 Å². The molecule has 3 aromatic carbocycles. The third-order valence-electron chi connectivity index (χ3n) is 5.18. The van der Waals surface area contributed by atoms with E-state index in [2.05, 4.69) is 15.3 Å². The number of nitro groups is 1. The van der Waals surface area contributed by atoms with Crippen molar-refractivity contribution in [3.05, 3.63) is 88.7 Å². The first kappa shape index (κ1) is 21.7. The summed E-state index contributed by atoms with van der Waals surface area (Å²) < 4.78 is 4.70. The van der Waals surface area contributed by atoms with E-state index in [-0.39, 0.29) is 17.3 Å². The van der Waals surface area contributed by atoms with Crippen molar-refractivity contribution in [3.63, 3.8) is 0 Å². The topological polar surface area (TPSA) is 110 Å². The molecular formula is C24H21N5O4. The molecule has 33 heavy (non-hydrogen) atoms. The van der Waals surface area contributed by atoms with E-state index in [4.69, 9.17) is 4.74 Å². The van der Waals surface area contributed by atoms with Gasteiger partial charge in [-0.2, -0.15) is 0 Å². The Labute approximate surface area is 189 Å². The van der Waals surface area contributed by atoms with Crippen LogP contribution in [-0.2, 0) is 4.74 Å². The SMILES string of the molecule is CCN(c1ncnc(Nc2ccc(C(=O)OC)cc2)c1[N+](=O)[O-])c1cccc2ccccc12. The quantitative estimate of drug-likeness (QED) is 0.235. The molecule has 1 aromatic heterocycles. The number of carbonyl (C=O) groups excluding carboxylic acids is 1. The van der Waals surface area contributed by atoms with Gasteiger partial charge < -0.3 is 15.0 Å². The van der Waals surface area contributed by atoms with Gasteiger partial charge in [0.15, 0.2) is 0 Å². The minimum Gasteiger partial charge on any atom is -0.465 e. The number of aromatic nitrogens is 2. The Morgan fingerprint density at radius 3 is 2.48 bits per heavy atom. The van der Waals surface area contributed by atoms with Gasteiger partial charge in [0, 0.05) is 17.6 Å². The van der Waals surface area contributed by atoms with Gasteiger partial charge in [-0.05, 0) is 42.6 Å². The number of anilines is 4. The summed E-state index contributed by atoms with van der Waals surface area (Å²) in [7, 11) is 1.30. The van der Waals surface area contributed by atoms with Crippen LogP contribution in [0.2, 0.25) is 0 Å². The molecule has 4 rings (SSSR count). The summed E-state index contributed by atoms with van der Waals surface area (Å²) in [6.07, 6.45) is 1.29. The third kappa shape index (κ3) is 4.29. The van der Waals surface area contributed by atoms with Crippen molar-refractivity contribution in [1.82, 2.24) is 9.97 Å². The van der Waals surface area contributed by atoms with E-state index in [1.54, 1.807) is 29.2 Å². The van der Waals surface area contributed by atoms with Crippen molar-refractivity contribution in [2.75, 3.05) is 23.9 Å². The van der Waals surface area contributed by atoms with Crippen LogP contribution in [0.25, 0.3) is 10.8 Å². The first-order valence-corrected chi connectivity index (χ1v) is 10.2. The lowest BCUT2D eigenvalue weighted by molar-refractivity contribution is -0.383. The third-order valence-corrected chi connectivity index (χ3v) is 5.18. The van der Waals surface area contributed by atoms with Crippen molar-refractivity contribution in [3.8, 4) is 0 Å². The molecule has 9 heteroatoms. The van der Waals surface area contributed by atoms with E-state index < -0.39 is 10.9 Å². The van der Waals surface area contributed by atoms with Gasteiger partial charge >= 0.3 is 11.7 Å². The summed E-state index contributed by atoms with van der Waals surface area (Å²) in [4.78, 5) is 33.5. The largest absolute Gasteiger partial charge is 0.465 e. The van der Waals surface area contributed by atoms with E-state index in [1.165, 1.54) is 13.4 Å². The van der Waals surface area contributed by atoms with E-state index in [0.29, 0.717) is 17.8 Å². The molecule has 1 heterocycles. The number of hydrogen-bond acceptors (Lipinski definition) is 8. The fraction of sp³-hybridized carbons (Fsp3) is 0.125. The predicted octanol–water partition coefficient (Wildman–Crippen LogP) is 5.23. The Morgan fingerprint density at radius 1 is 1.06 bits per heavy atom. The molecule has 0 radical (unpaired) electrons. The second-order valence-electron chi connectivity index (χ2n) is 7.09. The van der Waals surface area contributed by atoms with Crippen molar-refractivity contribution in [2.24, 2.45) is 0 Å². The van der Waals surface area contributed by atoms with Crippen LogP contribution in [0.5, 0.6) is 0 Å². The maximum atomic E-state index is 12.1. The van der Waals surface area contributed by atoms with Gasteiger partial charge in [0.2, 0.25) is 11.6 Å². The molecule has 0 aliphatic carbocycles. The highest BCUT2D eigenvalue weighted by Crippen LogP contribution is 2.39. The molecular weight excluding hydrogens is 422 g/mol.